The number of nitrogens with two attached hydrogens (primary N) is 1. The minimum atomic E-state index is -0.381. The zero-order valence-corrected chi connectivity index (χ0v) is 16.5. The van der Waals surface area contributed by atoms with Crippen LogP contribution in [0.2, 0.25) is 0 Å². The van der Waals surface area contributed by atoms with Gasteiger partial charge in [0.15, 0.2) is 0 Å². The standard InChI is InChI=1S/C17H26N4O3.2ClH/c18-9-4-2-1-3-8-17(22)20-12-10-19(11-13-20)15-6-5-7-16(14-15)21(23)24;;/h5-7,14H,1-4,8-13,18H2;2*1H. The van der Waals surface area contributed by atoms with Gasteiger partial charge in [0, 0.05) is 50.4 Å². The molecule has 1 aliphatic rings. The summed E-state index contributed by atoms with van der Waals surface area (Å²) in [4.78, 5) is 26.7. The number of nitro benzene ring substituents is 1. The van der Waals surface area contributed by atoms with Gasteiger partial charge in [-0.25, -0.2) is 0 Å². The summed E-state index contributed by atoms with van der Waals surface area (Å²) in [5, 5.41) is 10.9. The first-order valence-electron chi connectivity index (χ1n) is 8.59. The van der Waals surface area contributed by atoms with Gasteiger partial charge in [0.2, 0.25) is 5.91 Å². The Hall–Kier alpha value is -1.57. The van der Waals surface area contributed by atoms with Crippen LogP contribution >= 0.6 is 24.8 Å². The third-order valence-electron chi connectivity index (χ3n) is 4.38. The molecule has 2 N–H and O–H groups in total. The van der Waals surface area contributed by atoms with Gasteiger partial charge in [0.25, 0.3) is 5.69 Å². The minimum Gasteiger partial charge on any atom is -0.368 e. The van der Waals surface area contributed by atoms with E-state index in [1.807, 2.05) is 11.0 Å². The van der Waals surface area contributed by atoms with Crippen LogP contribution in [0.3, 0.4) is 0 Å². The molecule has 1 aliphatic heterocycles. The van der Waals surface area contributed by atoms with Crippen molar-refractivity contribution in [3.63, 3.8) is 0 Å². The highest BCUT2D eigenvalue weighted by molar-refractivity contribution is 5.85. The highest BCUT2D eigenvalue weighted by Crippen LogP contribution is 2.22. The Kier molecular flexibility index (Phi) is 12.0. The number of hydrogen-bond donors (Lipinski definition) is 1. The summed E-state index contributed by atoms with van der Waals surface area (Å²) in [7, 11) is 0. The Morgan fingerprint density at radius 2 is 1.73 bits per heavy atom. The predicted molar refractivity (Wildman–Crippen MR) is 109 cm³/mol. The van der Waals surface area contributed by atoms with Crippen molar-refractivity contribution in [1.29, 1.82) is 0 Å². The first-order valence-corrected chi connectivity index (χ1v) is 8.59. The molecular formula is C17H28Cl2N4O3. The first kappa shape index (κ1) is 24.4. The second kappa shape index (κ2) is 12.7. The zero-order chi connectivity index (χ0) is 17.4. The van der Waals surface area contributed by atoms with Gasteiger partial charge in [-0.3, -0.25) is 14.9 Å². The van der Waals surface area contributed by atoms with Gasteiger partial charge in [-0.05, 0) is 25.5 Å². The van der Waals surface area contributed by atoms with Crippen LogP contribution in [-0.4, -0.2) is 48.5 Å². The van der Waals surface area contributed by atoms with Crippen molar-refractivity contribution in [1.82, 2.24) is 4.90 Å². The van der Waals surface area contributed by atoms with Crippen molar-refractivity contribution in [2.75, 3.05) is 37.6 Å². The lowest BCUT2D eigenvalue weighted by Crippen LogP contribution is -2.48. The SMILES string of the molecule is Cl.Cl.NCCCCCCC(=O)N1CCN(c2cccc([N+](=O)[O-])c2)CC1. The summed E-state index contributed by atoms with van der Waals surface area (Å²) in [6.45, 7) is 3.47. The lowest BCUT2D eigenvalue weighted by molar-refractivity contribution is -0.384. The second-order valence-corrected chi connectivity index (χ2v) is 6.10. The minimum absolute atomic E-state index is 0. The zero-order valence-electron chi connectivity index (χ0n) is 14.8. The Balaban J connectivity index is 0.00000312. The topological polar surface area (TPSA) is 92.7 Å². The Morgan fingerprint density at radius 3 is 2.35 bits per heavy atom. The van der Waals surface area contributed by atoms with Gasteiger partial charge in [-0.2, -0.15) is 0 Å². The van der Waals surface area contributed by atoms with E-state index in [1.165, 1.54) is 6.07 Å². The molecular weight excluding hydrogens is 379 g/mol. The van der Waals surface area contributed by atoms with Gasteiger partial charge >= 0.3 is 0 Å². The molecule has 0 unspecified atom stereocenters. The largest absolute Gasteiger partial charge is 0.368 e. The fourth-order valence-corrected chi connectivity index (χ4v) is 2.95. The molecule has 148 valence electrons. The molecule has 0 saturated carbocycles. The lowest BCUT2D eigenvalue weighted by Gasteiger charge is -2.36. The van der Waals surface area contributed by atoms with E-state index in [4.69, 9.17) is 5.73 Å². The van der Waals surface area contributed by atoms with Crippen molar-refractivity contribution in [3.05, 3.63) is 34.4 Å². The van der Waals surface area contributed by atoms with E-state index in [0.717, 1.165) is 31.4 Å². The molecule has 0 bridgehead atoms. The summed E-state index contributed by atoms with van der Waals surface area (Å²) in [6, 6.07) is 6.66. The van der Waals surface area contributed by atoms with E-state index in [-0.39, 0.29) is 41.3 Å². The van der Waals surface area contributed by atoms with Gasteiger partial charge in [-0.1, -0.05) is 18.9 Å². The number of hydrogen-bond acceptors (Lipinski definition) is 5. The number of nitrogens with zero attached hydrogens (tertiary/aromatic N) is 3. The number of unbranched alkanes of at least 4 members (excludes halogenated alkanes) is 3. The highest BCUT2D eigenvalue weighted by atomic mass is 35.5. The van der Waals surface area contributed by atoms with Crippen LogP contribution in [-0.2, 0) is 4.79 Å². The summed E-state index contributed by atoms with van der Waals surface area (Å²) < 4.78 is 0. The number of piperazine rings is 1. The lowest BCUT2D eigenvalue weighted by atomic mass is 10.1. The molecule has 1 saturated heterocycles. The van der Waals surface area contributed by atoms with Gasteiger partial charge in [0.05, 0.1) is 4.92 Å². The van der Waals surface area contributed by atoms with E-state index in [1.54, 1.807) is 12.1 Å². The van der Waals surface area contributed by atoms with Gasteiger partial charge < -0.3 is 15.5 Å². The molecule has 1 heterocycles. The molecule has 1 aromatic rings. The molecule has 26 heavy (non-hydrogen) atoms. The number of benzene rings is 1. The molecule has 1 fully saturated rings. The highest BCUT2D eigenvalue weighted by Gasteiger charge is 2.21. The monoisotopic (exact) mass is 406 g/mol. The summed E-state index contributed by atoms with van der Waals surface area (Å²) in [6.07, 6.45) is 4.68. The molecule has 7 nitrogen and oxygen atoms in total. The van der Waals surface area contributed by atoms with Crippen LogP contribution in [0.4, 0.5) is 11.4 Å². The van der Waals surface area contributed by atoms with Crippen molar-refractivity contribution >= 4 is 42.1 Å². The average molecular weight is 407 g/mol. The first-order chi connectivity index (χ1) is 11.6. The Bertz CT molecular complexity index is 567. The van der Waals surface area contributed by atoms with E-state index in [2.05, 4.69) is 4.90 Å². The fourth-order valence-electron chi connectivity index (χ4n) is 2.95. The molecule has 0 aliphatic carbocycles. The third-order valence-corrected chi connectivity index (χ3v) is 4.38. The summed E-state index contributed by atoms with van der Waals surface area (Å²) in [5.74, 6) is 0.210. The maximum Gasteiger partial charge on any atom is 0.271 e. The van der Waals surface area contributed by atoms with Crippen molar-refractivity contribution < 1.29 is 9.72 Å². The van der Waals surface area contributed by atoms with Gasteiger partial charge in [-0.15, -0.1) is 24.8 Å². The molecule has 9 heteroatoms. The van der Waals surface area contributed by atoms with E-state index in [9.17, 15) is 14.9 Å². The fraction of sp³-hybridized carbons (Fsp3) is 0.588. The average Bonchev–Trinajstić information content (AvgIpc) is 2.61. The molecule has 2 rings (SSSR count). The number of anilines is 1. The Morgan fingerprint density at radius 1 is 1.08 bits per heavy atom. The smallest absolute Gasteiger partial charge is 0.271 e. The predicted octanol–water partition coefficient (Wildman–Crippen LogP) is 3.00. The number of carbonyl (C=O) groups excluding carboxylic acids is 1. The van der Waals surface area contributed by atoms with Crippen LogP contribution in [0, 0.1) is 10.1 Å². The van der Waals surface area contributed by atoms with Gasteiger partial charge in [0.1, 0.15) is 0 Å². The maximum absolute atomic E-state index is 12.2. The van der Waals surface area contributed by atoms with Crippen LogP contribution in [0.5, 0.6) is 0 Å². The number of carbonyl (C=O) groups is 1. The number of amides is 1. The molecule has 0 aromatic heterocycles. The quantitative estimate of drug-likeness (QED) is 0.406. The third kappa shape index (κ3) is 7.35. The van der Waals surface area contributed by atoms with Crippen LogP contribution in [0.25, 0.3) is 0 Å². The second-order valence-electron chi connectivity index (χ2n) is 6.10. The van der Waals surface area contributed by atoms with E-state index < -0.39 is 0 Å². The van der Waals surface area contributed by atoms with Crippen LogP contribution in [0.15, 0.2) is 24.3 Å². The van der Waals surface area contributed by atoms with Crippen molar-refractivity contribution in [2.24, 2.45) is 5.73 Å². The normalized spacial score (nSPS) is 13.6. The molecule has 0 atom stereocenters. The van der Waals surface area contributed by atoms with Crippen LogP contribution in [0.1, 0.15) is 32.1 Å². The number of non-ortho nitro benzene ring substituents is 1. The summed E-state index contributed by atoms with van der Waals surface area (Å²) in [5.41, 5.74) is 6.40. The Labute approximate surface area is 166 Å². The van der Waals surface area contributed by atoms with Crippen molar-refractivity contribution in [3.8, 4) is 0 Å². The molecule has 0 spiro atoms. The molecule has 0 radical (unpaired) electrons. The summed E-state index contributed by atoms with van der Waals surface area (Å²) >= 11 is 0. The van der Waals surface area contributed by atoms with E-state index >= 15 is 0 Å². The van der Waals surface area contributed by atoms with Crippen LogP contribution < -0.4 is 10.6 Å². The molecule has 1 aromatic carbocycles. The number of rotatable bonds is 8. The van der Waals surface area contributed by atoms with Crippen molar-refractivity contribution in [2.45, 2.75) is 32.1 Å². The van der Waals surface area contributed by atoms with E-state index in [0.29, 0.717) is 39.1 Å². The number of halogens is 2. The number of nitro groups is 1. The molecule has 1 amide bonds. The maximum atomic E-state index is 12.2.